The first kappa shape index (κ1) is 16.9. The first-order valence-electron chi connectivity index (χ1n) is 8.23. The fraction of sp³-hybridized carbons (Fsp3) is 0.529. The van der Waals surface area contributed by atoms with Crippen molar-refractivity contribution in [3.05, 3.63) is 22.7 Å². The zero-order valence-electron chi connectivity index (χ0n) is 13.6. The highest BCUT2D eigenvalue weighted by Gasteiger charge is 2.33. The Balaban J connectivity index is 1.90. The minimum absolute atomic E-state index is 0.136. The number of nitrogens with one attached hydrogen (secondary N) is 1. The third-order valence-corrected chi connectivity index (χ3v) is 4.64. The summed E-state index contributed by atoms with van der Waals surface area (Å²) in [6.07, 6.45) is 3.25. The molecule has 2 aliphatic heterocycles. The van der Waals surface area contributed by atoms with Gasteiger partial charge in [-0.05, 0) is 31.4 Å². The second kappa shape index (κ2) is 7.30. The number of rotatable bonds is 2. The Kier molecular flexibility index (Phi) is 5.14. The van der Waals surface area contributed by atoms with Gasteiger partial charge in [-0.15, -0.1) is 0 Å². The van der Waals surface area contributed by atoms with Crippen LogP contribution in [0.1, 0.15) is 36.0 Å². The molecule has 2 aliphatic rings. The Bertz CT molecular complexity index is 650. The summed E-state index contributed by atoms with van der Waals surface area (Å²) in [6.45, 7) is 1.61. The van der Waals surface area contributed by atoms with Crippen molar-refractivity contribution >= 4 is 23.4 Å². The van der Waals surface area contributed by atoms with Gasteiger partial charge in [-0.25, -0.2) is 0 Å². The number of ether oxygens (including phenoxy) is 2. The normalized spacial score (nSPS) is 20.2. The minimum atomic E-state index is -0.439. The van der Waals surface area contributed by atoms with E-state index in [-0.39, 0.29) is 11.8 Å². The van der Waals surface area contributed by atoms with Gasteiger partial charge in [-0.1, -0.05) is 11.6 Å². The molecule has 2 heterocycles. The van der Waals surface area contributed by atoms with Crippen molar-refractivity contribution in [3.8, 4) is 11.5 Å². The van der Waals surface area contributed by atoms with Crippen LogP contribution in [-0.4, -0.2) is 49.6 Å². The van der Waals surface area contributed by atoms with Crippen LogP contribution >= 0.6 is 11.6 Å². The summed E-state index contributed by atoms with van der Waals surface area (Å²) in [5.74, 6) is 0.619. The number of benzene rings is 1. The maximum absolute atomic E-state index is 12.9. The Labute approximate surface area is 146 Å². The molecule has 24 heavy (non-hydrogen) atoms. The quantitative estimate of drug-likeness (QED) is 0.886. The van der Waals surface area contributed by atoms with Crippen molar-refractivity contribution in [1.82, 2.24) is 10.2 Å². The van der Waals surface area contributed by atoms with E-state index in [0.29, 0.717) is 48.3 Å². The molecule has 0 unspecified atom stereocenters. The largest absolute Gasteiger partial charge is 0.489 e. The van der Waals surface area contributed by atoms with E-state index in [4.69, 9.17) is 21.1 Å². The summed E-state index contributed by atoms with van der Waals surface area (Å²) in [5, 5.41) is 2.99. The highest BCUT2D eigenvalue weighted by Crippen LogP contribution is 2.38. The summed E-state index contributed by atoms with van der Waals surface area (Å²) in [4.78, 5) is 26.7. The highest BCUT2D eigenvalue weighted by molar-refractivity contribution is 6.32. The fourth-order valence-corrected chi connectivity index (χ4v) is 3.40. The molecule has 1 fully saturated rings. The number of halogens is 1. The van der Waals surface area contributed by atoms with Gasteiger partial charge in [0.1, 0.15) is 6.04 Å². The number of amides is 2. The van der Waals surface area contributed by atoms with Gasteiger partial charge in [0.2, 0.25) is 5.91 Å². The summed E-state index contributed by atoms with van der Waals surface area (Å²) >= 11 is 6.27. The molecule has 3 rings (SSSR count). The molecular formula is C17H21ClN2O4. The predicted octanol–water partition coefficient (Wildman–Crippen LogP) is 2.24. The molecule has 1 aromatic carbocycles. The Morgan fingerprint density at radius 3 is 2.79 bits per heavy atom. The molecule has 0 radical (unpaired) electrons. The maximum atomic E-state index is 12.9. The number of carbonyl (C=O) groups excluding carboxylic acids is 2. The Hall–Kier alpha value is -1.95. The first-order chi connectivity index (χ1) is 11.6. The molecule has 0 saturated carbocycles. The Morgan fingerprint density at radius 2 is 2.00 bits per heavy atom. The lowest BCUT2D eigenvalue weighted by Crippen LogP contribution is -2.51. The number of fused-ring (bicyclic) bond motifs is 1. The average Bonchev–Trinajstić information content (AvgIpc) is 2.86. The van der Waals surface area contributed by atoms with Crippen molar-refractivity contribution in [2.45, 2.75) is 31.7 Å². The number of nitrogens with zero attached hydrogens (tertiary/aromatic N) is 1. The Morgan fingerprint density at radius 1 is 1.21 bits per heavy atom. The van der Waals surface area contributed by atoms with Crippen molar-refractivity contribution in [1.29, 1.82) is 0 Å². The van der Waals surface area contributed by atoms with Gasteiger partial charge < -0.3 is 19.7 Å². The molecule has 130 valence electrons. The number of likely N-dealkylation sites (tertiary alicyclic amines) is 1. The van der Waals surface area contributed by atoms with Gasteiger partial charge >= 0.3 is 0 Å². The van der Waals surface area contributed by atoms with Gasteiger partial charge in [0, 0.05) is 25.6 Å². The van der Waals surface area contributed by atoms with Gasteiger partial charge in [0.15, 0.2) is 11.5 Å². The third-order valence-electron chi connectivity index (χ3n) is 4.36. The second-order valence-electron chi connectivity index (χ2n) is 5.96. The summed E-state index contributed by atoms with van der Waals surface area (Å²) in [6, 6.07) is 2.81. The smallest absolute Gasteiger partial charge is 0.254 e. The van der Waals surface area contributed by atoms with Crippen LogP contribution in [0.5, 0.6) is 11.5 Å². The molecule has 7 heteroatoms. The molecule has 1 N–H and O–H groups in total. The summed E-state index contributed by atoms with van der Waals surface area (Å²) in [7, 11) is 1.59. The molecule has 1 saturated heterocycles. The van der Waals surface area contributed by atoms with Crippen LogP contribution in [-0.2, 0) is 4.79 Å². The van der Waals surface area contributed by atoms with Crippen molar-refractivity contribution in [3.63, 3.8) is 0 Å². The van der Waals surface area contributed by atoms with E-state index in [1.54, 1.807) is 24.1 Å². The molecule has 1 atom stereocenters. The van der Waals surface area contributed by atoms with E-state index in [9.17, 15) is 9.59 Å². The molecule has 0 aliphatic carbocycles. The lowest BCUT2D eigenvalue weighted by Gasteiger charge is -2.34. The second-order valence-corrected chi connectivity index (χ2v) is 6.37. The number of hydrogen-bond donors (Lipinski definition) is 1. The van der Waals surface area contributed by atoms with Crippen molar-refractivity contribution in [2.75, 3.05) is 26.8 Å². The molecular weight excluding hydrogens is 332 g/mol. The van der Waals surface area contributed by atoms with Gasteiger partial charge in [0.25, 0.3) is 5.91 Å². The SMILES string of the molecule is CNC(=O)[C@H]1CCCCN1C(=O)c1cc(Cl)c2c(c1)OCCCO2. The molecule has 0 bridgehead atoms. The highest BCUT2D eigenvalue weighted by atomic mass is 35.5. The van der Waals surface area contributed by atoms with Crippen LogP contribution in [0.25, 0.3) is 0 Å². The van der Waals surface area contributed by atoms with Crippen LogP contribution in [0.15, 0.2) is 12.1 Å². The summed E-state index contributed by atoms with van der Waals surface area (Å²) in [5.41, 5.74) is 0.417. The topological polar surface area (TPSA) is 67.9 Å². The molecule has 1 aromatic rings. The lowest BCUT2D eigenvalue weighted by molar-refractivity contribution is -0.126. The lowest BCUT2D eigenvalue weighted by atomic mass is 10.00. The number of hydrogen-bond acceptors (Lipinski definition) is 4. The van der Waals surface area contributed by atoms with E-state index in [0.717, 1.165) is 19.3 Å². The van der Waals surface area contributed by atoms with Gasteiger partial charge in [-0.2, -0.15) is 0 Å². The molecule has 6 nitrogen and oxygen atoms in total. The zero-order chi connectivity index (χ0) is 17.1. The third kappa shape index (κ3) is 3.29. The van der Waals surface area contributed by atoms with E-state index in [1.165, 1.54) is 0 Å². The van der Waals surface area contributed by atoms with Crippen LogP contribution in [0.4, 0.5) is 0 Å². The average molecular weight is 353 g/mol. The van der Waals surface area contributed by atoms with E-state index in [1.807, 2.05) is 0 Å². The summed E-state index contributed by atoms with van der Waals surface area (Å²) < 4.78 is 11.2. The number of carbonyl (C=O) groups is 2. The number of likely N-dealkylation sites (N-methyl/N-ethyl adjacent to an activating group) is 1. The van der Waals surface area contributed by atoms with Crippen LogP contribution in [0.3, 0.4) is 0 Å². The molecule has 0 aromatic heterocycles. The van der Waals surface area contributed by atoms with Crippen LogP contribution in [0.2, 0.25) is 5.02 Å². The monoisotopic (exact) mass is 352 g/mol. The van der Waals surface area contributed by atoms with E-state index >= 15 is 0 Å². The number of piperidine rings is 1. The first-order valence-corrected chi connectivity index (χ1v) is 8.61. The van der Waals surface area contributed by atoms with E-state index in [2.05, 4.69) is 5.32 Å². The standard InChI is InChI=1S/C17H21ClN2O4/c1-19-16(21)13-5-2-3-6-20(13)17(22)11-9-12(18)15-14(10-11)23-7-4-8-24-15/h9-10,13H,2-8H2,1H3,(H,19,21)/t13-/m1/s1. The predicted molar refractivity (Wildman–Crippen MR) is 89.8 cm³/mol. The zero-order valence-corrected chi connectivity index (χ0v) is 14.4. The maximum Gasteiger partial charge on any atom is 0.254 e. The van der Waals surface area contributed by atoms with Crippen molar-refractivity contribution < 1.29 is 19.1 Å². The fourth-order valence-electron chi connectivity index (χ4n) is 3.13. The minimum Gasteiger partial charge on any atom is -0.489 e. The van der Waals surface area contributed by atoms with Crippen molar-refractivity contribution in [2.24, 2.45) is 0 Å². The van der Waals surface area contributed by atoms with Crippen LogP contribution in [0, 0.1) is 0 Å². The van der Waals surface area contributed by atoms with Crippen LogP contribution < -0.4 is 14.8 Å². The molecule has 2 amide bonds. The molecule has 0 spiro atoms. The van der Waals surface area contributed by atoms with Gasteiger partial charge in [0.05, 0.1) is 18.2 Å². The van der Waals surface area contributed by atoms with E-state index < -0.39 is 6.04 Å². The van der Waals surface area contributed by atoms with Gasteiger partial charge in [-0.3, -0.25) is 9.59 Å².